The van der Waals surface area contributed by atoms with Crippen LogP contribution >= 0.6 is 0 Å². The van der Waals surface area contributed by atoms with E-state index in [1.807, 2.05) is 36.4 Å². The van der Waals surface area contributed by atoms with E-state index in [1.165, 1.54) is 7.11 Å². The van der Waals surface area contributed by atoms with Gasteiger partial charge in [0.2, 0.25) is 11.8 Å². The Morgan fingerprint density at radius 1 is 0.958 bits per heavy atom. The minimum absolute atomic E-state index is 0.334. The Morgan fingerprint density at radius 3 is 2.25 bits per heavy atom. The fraction of sp³-hybridized carbons (Fsp3) is 0.263. The molecule has 0 aliphatic carbocycles. The number of methoxy groups -OCH3 is 1. The summed E-state index contributed by atoms with van der Waals surface area (Å²) in [5, 5.41) is 5.56. The van der Waals surface area contributed by atoms with Crippen molar-refractivity contribution in [3.63, 3.8) is 0 Å². The number of carbonyl (C=O) groups excluding carboxylic acids is 2. The van der Waals surface area contributed by atoms with Crippen molar-refractivity contribution in [1.29, 1.82) is 0 Å². The second kappa shape index (κ2) is 7.64. The lowest BCUT2D eigenvalue weighted by atomic mass is 9.90. The van der Waals surface area contributed by atoms with Crippen molar-refractivity contribution in [3.8, 4) is 5.75 Å². The molecule has 0 aliphatic rings. The number of hydrogen-bond donors (Lipinski definition) is 2. The van der Waals surface area contributed by atoms with Crippen LogP contribution in [0.3, 0.4) is 0 Å². The van der Waals surface area contributed by atoms with Crippen LogP contribution in [-0.4, -0.2) is 18.9 Å². The molecule has 5 nitrogen and oxygen atoms in total. The zero-order valence-electron chi connectivity index (χ0n) is 14.1. The molecule has 24 heavy (non-hydrogen) atoms. The Morgan fingerprint density at radius 2 is 1.58 bits per heavy atom. The van der Waals surface area contributed by atoms with Gasteiger partial charge in [-0.25, -0.2) is 0 Å². The Labute approximate surface area is 142 Å². The number of nitrogens with one attached hydrogen (secondary N) is 2. The van der Waals surface area contributed by atoms with E-state index in [1.54, 1.807) is 32.0 Å². The second-order valence-corrected chi connectivity index (χ2v) is 5.95. The van der Waals surface area contributed by atoms with Crippen molar-refractivity contribution in [3.05, 3.63) is 60.2 Å². The lowest BCUT2D eigenvalue weighted by Gasteiger charge is -2.23. The summed E-state index contributed by atoms with van der Waals surface area (Å²) in [4.78, 5) is 24.9. The SMILES string of the molecule is COc1ccccc1NC(=O)C(C)(C)C(=O)NCc1ccccc1. The van der Waals surface area contributed by atoms with E-state index in [0.717, 1.165) is 5.56 Å². The molecule has 5 heteroatoms. The van der Waals surface area contributed by atoms with E-state index in [0.29, 0.717) is 18.0 Å². The molecular formula is C19H22N2O3. The molecule has 2 aromatic carbocycles. The predicted molar refractivity (Wildman–Crippen MR) is 93.7 cm³/mol. The third-order valence-electron chi connectivity index (χ3n) is 3.79. The van der Waals surface area contributed by atoms with Crippen molar-refractivity contribution in [2.45, 2.75) is 20.4 Å². The number of ether oxygens (including phenoxy) is 1. The van der Waals surface area contributed by atoms with Gasteiger partial charge in [0.05, 0.1) is 12.8 Å². The molecule has 0 atom stereocenters. The minimum atomic E-state index is -1.21. The minimum Gasteiger partial charge on any atom is -0.495 e. The van der Waals surface area contributed by atoms with Crippen LogP contribution in [0.15, 0.2) is 54.6 Å². The quantitative estimate of drug-likeness (QED) is 0.802. The fourth-order valence-corrected chi connectivity index (χ4v) is 2.13. The van der Waals surface area contributed by atoms with Crippen LogP contribution in [-0.2, 0) is 16.1 Å². The van der Waals surface area contributed by atoms with Crippen molar-refractivity contribution >= 4 is 17.5 Å². The molecule has 2 N–H and O–H groups in total. The number of carbonyl (C=O) groups is 2. The molecular weight excluding hydrogens is 304 g/mol. The highest BCUT2D eigenvalue weighted by Gasteiger charge is 2.36. The zero-order valence-corrected chi connectivity index (χ0v) is 14.1. The van der Waals surface area contributed by atoms with E-state index >= 15 is 0 Å². The highest BCUT2D eigenvalue weighted by molar-refractivity contribution is 6.10. The molecule has 0 fully saturated rings. The lowest BCUT2D eigenvalue weighted by molar-refractivity contribution is -0.138. The maximum atomic E-state index is 12.5. The summed E-state index contributed by atoms with van der Waals surface area (Å²) >= 11 is 0. The molecule has 0 saturated heterocycles. The number of hydrogen-bond acceptors (Lipinski definition) is 3. The fourth-order valence-electron chi connectivity index (χ4n) is 2.13. The average molecular weight is 326 g/mol. The molecule has 0 aliphatic heterocycles. The van der Waals surface area contributed by atoms with Crippen molar-refractivity contribution in [1.82, 2.24) is 5.32 Å². The summed E-state index contributed by atoms with van der Waals surface area (Å²) in [6.45, 7) is 3.57. The summed E-state index contributed by atoms with van der Waals surface area (Å²) in [6.07, 6.45) is 0. The first-order valence-electron chi connectivity index (χ1n) is 7.72. The van der Waals surface area contributed by atoms with Crippen LogP contribution in [0, 0.1) is 5.41 Å². The Balaban J connectivity index is 2.02. The van der Waals surface area contributed by atoms with Gasteiger partial charge in [-0.05, 0) is 31.5 Å². The Kier molecular flexibility index (Phi) is 5.58. The van der Waals surface area contributed by atoms with Crippen LogP contribution in [0.4, 0.5) is 5.69 Å². The first-order valence-corrected chi connectivity index (χ1v) is 7.72. The van der Waals surface area contributed by atoms with Crippen molar-refractivity contribution in [2.24, 2.45) is 5.41 Å². The summed E-state index contributed by atoms with van der Waals surface area (Å²) in [5.74, 6) is -0.178. The average Bonchev–Trinajstić information content (AvgIpc) is 2.60. The number of rotatable bonds is 6. The molecule has 2 rings (SSSR count). The highest BCUT2D eigenvalue weighted by Crippen LogP contribution is 2.26. The highest BCUT2D eigenvalue weighted by atomic mass is 16.5. The number of amides is 2. The second-order valence-electron chi connectivity index (χ2n) is 5.95. The summed E-state index contributed by atoms with van der Waals surface area (Å²) in [6, 6.07) is 16.6. The molecule has 0 spiro atoms. The van der Waals surface area contributed by atoms with E-state index < -0.39 is 11.3 Å². The van der Waals surface area contributed by atoms with E-state index in [4.69, 9.17) is 4.74 Å². The first kappa shape index (κ1) is 17.5. The molecule has 0 heterocycles. The van der Waals surface area contributed by atoms with Crippen molar-refractivity contribution in [2.75, 3.05) is 12.4 Å². The maximum Gasteiger partial charge on any atom is 0.239 e. The summed E-state index contributed by atoms with van der Waals surface area (Å²) in [7, 11) is 1.53. The molecule has 0 bridgehead atoms. The van der Waals surface area contributed by atoms with Crippen molar-refractivity contribution < 1.29 is 14.3 Å². The van der Waals surface area contributed by atoms with Crippen LogP contribution in [0.5, 0.6) is 5.75 Å². The predicted octanol–water partition coefficient (Wildman–Crippen LogP) is 2.98. The molecule has 0 unspecified atom stereocenters. The largest absolute Gasteiger partial charge is 0.495 e. The van der Waals surface area contributed by atoms with Gasteiger partial charge in [0.25, 0.3) is 0 Å². The van der Waals surface area contributed by atoms with Crippen LogP contribution < -0.4 is 15.4 Å². The van der Waals surface area contributed by atoms with Gasteiger partial charge >= 0.3 is 0 Å². The third-order valence-corrected chi connectivity index (χ3v) is 3.79. The molecule has 2 amide bonds. The smallest absolute Gasteiger partial charge is 0.239 e. The van der Waals surface area contributed by atoms with Crippen LogP contribution in [0.1, 0.15) is 19.4 Å². The number of benzene rings is 2. The van der Waals surface area contributed by atoms with Gasteiger partial charge in [-0.1, -0.05) is 42.5 Å². The zero-order chi connectivity index (χ0) is 17.6. The van der Waals surface area contributed by atoms with E-state index in [-0.39, 0.29) is 5.91 Å². The van der Waals surface area contributed by atoms with E-state index in [2.05, 4.69) is 10.6 Å². The molecule has 2 aromatic rings. The lowest BCUT2D eigenvalue weighted by Crippen LogP contribution is -2.44. The Bertz CT molecular complexity index is 712. The van der Waals surface area contributed by atoms with Crippen LogP contribution in [0.2, 0.25) is 0 Å². The van der Waals surface area contributed by atoms with Gasteiger partial charge in [0.15, 0.2) is 0 Å². The van der Waals surface area contributed by atoms with Gasteiger partial charge in [0, 0.05) is 6.54 Å². The third kappa shape index (κ3) is 4.13. The molecule has 0 aromatic heterocycles. The first-order chi connectivity index (χ1) is 11.4. The Hall–Kier alpha value is -2.82. The van der Waals surface area contributed by atoms with Gasteiger partial charge in [-0.2, -0.15) is 0 Å². The van der Waals surface area contributed by atoms with Gasteiger partial charge in [0.1, 0.15) is 11.2 Å². The van der Waals surface area contributed by atoms with Gasteiger partial charge in [-0.15, -0.1) is 0 Å². The normalized spacial score (nSPS) is 10.8. The topological polar surface area (TPSA) is 67.4 Å². The molecule has 126 valence electrons. The number of para-hydroxylation sites is 2. The standard InChI is InChI=1S/C19H22N2O3/c1-19(2,17(22)20-13-14-9-5-4-6-10-14)18(23)21-15-11-7-8-12-16(15)24-3/h4-12H,13H2,1-3H3,(H,20,22)(H,21,23). The summed E-state index contributed by atoms with van der Waals surface area (Å²) in [5.41, 5.74) is 0.302. The number of anilines is 1. The van der Waals surface area contributed by atoms with E-state index in [9.17, 15) is 9.59 Å². The van der Waals surface area contributed by atoms with Gasteiger partial charge < -0.3 is 15.4 Å². The monoisotopic (exact) mass is 326 g/mol. The maximum absolute atomic E-state index is 12.5. The molecule has 0 radical (unpaired) electrons. The molecule has 0 saturated carbocycles. The van der Waals surface area contributed by atoms with Crippen LogP contribution in [0.25, 0.3) is 0 Å². The van der Waals surface area contributed by atoms with Gasteiger partial charge in [-0.3, -0.25) is 9.59 Å². The summed E-state index contributed by atoms with van der Waals surface area (Å²) < 4.78 is 5.21.